The highest BCUT2D eigenvalue weighted by Crippen LogP contribution is 2.36. The van der Waals surface area contributed by atoms with Gasteiger partial charge in [-0.15, -0.1) is 0 Å². The smallest absolute Gasteiger partial charge is 0.214 e. The average Bonchev–Trinajstić information content (AvgIpc) is 2.40. The van der Waals surface area contributed by atoms with Crippen molar-refractivity contribution in [3.05, 3.63) is 23.4 Å². The van der Waals surface area contributed by atoms with Gasteiger partial charge in [-0.1, -0.05) is 34.6 Å². The predicted octanol–water partition coefficient (Wildman–Crippen LogP) is 4.19. The number of nitrogens with two attached hydrogens (primary N) is 1. The lowest BCUT2D eigenvalue weighted by Crippen LogP contribution is -2.29. The van der Waals surface area contributed by atoms with Crippen LogP contribution in [0.15, 0.2) is 12.1 Å². The minimum Gasteiger partial charge on any atom is -0.474 e. The molecule has 0 aromatic carbocycles. The molecule has 118 valence electrons. The van der Waals surface area contributed by atoms with Crippen molar-refractivity contribution in [2.45, 2.75) is 78.4 Å². The van der Waals surface area contributed by atoms with Crippen molar-refractivity contribution in [1.29, 1.82) is 0 Å². The highest BCUT2D eigenvalue weighted by Gasteiger charge is 2.28. The van der Waals surface area contributed by atoms with Crippen LogP contribution in [0, 0.1) is 5.41 Å². The molecule has 0 unspecified atom stereocenters. The molecule has 1 saturated carbocycles. The van der Waals surface area contributed by atoms with Crippen LogP contribution in [-0.2, 0) is 12.0 Å². The molecule has 1 fully saturated rings. The van der Waals surface area contributed by atoms with Crippen molar-refractivity contribution >= 4 is 0 Å². The van der Waals surface area contributed by atoms with Gasteiger partial charge in [0.05, 0.1) is 5.69 Å². The second-order valence-electron chi connectivity index (χ2n) is 8.13. The minimum atomic E-state index is 0.0118. The number of aromatic nitrogens is 1. The number of ether oxygens (including phenoxy) is 1. The largest absolute Gasteiger partial charge is 0.474 e. The van der Waals surface area contributed by atoms with Gasteiger partial charge < -0.3 is 10.5 Å². The first-order valence-corrected chi connectivity index (χ1v) is 8.08. The molecule has 3 heteroatoms. The summed E-state index contributed by atoms with van der Waals surface area (Å²) >= 11 is 0. The van der Waals surface area contributed by atoms with Crippen molar-refractivity contribution in [1.82, 2.24) is 4.98 Å². The van der Waals surface area contributed by atoms with E-state index in [1.165, 1.54) is 12.8 Å². The second-order valence-corrected chi connectivity index (χ2v) is 8.13. The summed E-state index contributed by atoms with van der Waals surface area (Å²) in [5.41, 5.74) is 8.44. The van der Waals surface area contributed by atoms with Crippen molar-refractivity contribution in [3.8, 4) is 5.88 Å². The van der Waals surface area contributed by atoms with E-state index >= 15 is 0 Å². The first-order chi connectivity index (χ1) is 9.69. The van der Waals surface area contributed by atoms with E-state index in [0.717, 1.165) is 30.0 Å². The van der Waals surface area contributed by atoms with E-state index in [1.807, 2.05) is 6.07 Å². The highest BCUT2D eigenvalue weighted by atomic mass is 16.5. The molecule has 3 nitrogen and oxygen atoms in total. The van der Waals surface area contributed by atoms with Gasteiger partial charge in [0.1, 0.15) is 6.10 Å². The number of nitrogens with zero attached hydrogens (tertiary/aromatic N) is 1. The van der Waals surface area contributed by atoms with Crippen LogP contribution in [0.25, 0.3) is 0 Å². The number of hydrogen-bond acceptors (Lipinski definition) is 3. The molecule has 0 amide bonds. The van der Waals surface area contributed by atoms with E-state index in [0.29, 0.717) is 18.1 Å². The molecule has 0 spiro atoms. The summed E-state index contributed by atoms with van der Waals surface area (Å²) < 4.78 is 6.16. The van der Waals surface area contributed by atoms with Crippen LogP contribution in [0.4, 0.5) is 0 Å². The molecule has 1 aromatic heterocycles. The van der Waals surface area contributed by atoms with Gasteiger partial charge in [0, 0.05) is 18.0 Å². The Morgan fingerprint density at radius 3 is 2.38 bits per heavy atom. The Kier molecular flexibility index (Phi) is 4.62. The van der Waals surface area contributed by atoms with E-state index in [1.54, 1.807) is 0 Å². The standard InChI is InChI=1S/C18H30N2O/c1-17(2,3)15-10-13(12-19)11-16(20-15)21-14-6-8-18(4,5)9-7-14/h10-11,14H,6-9,12,19H2,1-5H3. The Morgan fingerprint density at radius 2 is 1.86 bits per heavy atom. The van der Waals surface area contributed by atoms with Crippen LogP contribution >= 0.6 is 0 Å². The Morgan fingerprint density at radius 1 is 1.24 bits per heavy atom. The number of rotatable bonds is 3. The third kappa shape index (κ3) is 4.44. The van der Waals surface area contributed by atoms with Crippen molar-refractivity contribution in [2.24, 2.45) is 11.1 Å². The zero-order valence-electron chi connectivity index (χ0n) is 14.2. The summed E-state index contributed by atoms with van der Waals surface area (Å²) in [7, 11) is 0. The summed E-state index contributed by atoms with van der Waals surface area (Å²) in [5, 5.41) is 0. The van der Waals surface area contributed by atoms with E-state index in [9.17, 15) is 0 Å². The predicted molar refractivity (Wildman–Crippen MR) is 87.5 cm³/mol. The molecular formula is C18H30N2O. The van der Waals surface area contributed by atoms with Gasteiger partial charge in [0.2, 0.25) is 5.88 Å². The lowest BCUT2D eigenvalue weighted by molar-refractivity contribution is 0.0944. The monoisotopic (exact) mass is 290 g/mol. The van der Waals surface area contributed by atoms with Gasteiger partial charge in [-0.05, 0) is 42.7 Å². The van der Waals surface area contributed by atoms with Crippen molar-refractivity contribution in [3.63, 3.8) is 0 Å². The quantitative estimate of drug-likeness (QED) is 0.908. The molecule has 1 heterocycles. The first kappa shape index (κ1) is 16.3. The van der Waals surface area contributed by atoms with Gasteiger partial charge >= 0.3 is 0 Å². The molecule has 0 aliphatic heterocycles. The van der Waals surface area contributed by atoms with Crippen molar-refractivity contribution in [2.75, 3.05) is 0 Å². The fourth-order valence-electron chi connectivity index (χ4n) is 2.78. The Labute approximate surface area is 129 Å². The summed E-state index contributed by atoms with van der Waals surface area (Å²) in [6.45, 7) is 11.7. The van der Waals surface area contributed by atoms with E-state index in [-0.39, 0.29) is 5.41 Å². The molecule has 1 aliphatic carbocycles. The van der Waals surface area contributed by atoms with Crippen LogP contribution in [-0.4, -0.2) is 11.1 Å². The second kappa shape index (κ2) is 5.96. The molecule has 0 atom stereocenters. The van der Waals surface area contributed by atoms with Gasteiger partial charge in [-0.2, -0.15) is 0 Å². The fraction of sp³-hybridized carbons (Fsp3) is 0.722. The molecule has 2 N–H and O–H groups in total. The minimum absolute atomic E-state index is 0.0118. The molecule has 1 aliphatic rings. The number of hydrogen-bond donors (Lipinski definition) is 1. The van der Waals surface area contributed by atoms with Crippen LogP contribution < -0.4 is 10.5 Å². The first-order valence-electron chi connectivity index (χ1n) is 8.08. The maximum atomic E-state index is 6.16. The van der Waals surface area contributed by atoms with Crippen molar-refractivity contribution < 1.29 is 4.74 Å². The summed E-state index contributed by atoms with van der Waals surface area (Å²) in [6, 6.07) is 4.09. The van der Waals surface area contributed by atoms with Crippen LogP contribution in [0.2, 0.25) is 0 Å². The average molecular weight is 290 g/mol. The van der Waals surface area contributed by atoms with Gasteiger partial charge in [-0.3, -0.25) is 0 Å². The van der Waals surface area contributed by atoms with Crippen LogP contribution in [0.1, 0.15) is 71.6 Å². The van der Waals surface area contributed by atoms with Gasteiger partial charge in [0.25, 0.3) is 0 Å². The lowest BCUT2D eigenvalue weighted by Gasteiger charge is -2.34. The maximum absolute atomic E-state index is 6.16. The van der Waals surface area contributed by atoms with E-state index in [2.05, 4.69) is 40.7 Å². The van der Waals surface area contributed by atoms with Crippen LogP contribution in [0.3, 0.4) is 0 Å². The van der Waals surface area contributed by atoms with E-state index < -0.39 is 0 Å². The molecular weight excluding hydrogens is 260 g/mol. The summed E-state index contributed by atoms with van der Waals surface area (Å²) in [4.78, 5) is 4.71. The lowest BCUT2D eigenvalue weighted by atomic mass is 9.76. The molecule has 0 saturated heterocycles. The maximum Gasteiger partial charge on any atom is 0.214 e. The Bertz CT molecular complexity index is 478. The van der Waals surface area contributed by atoms with E-state index in [4.69, 9.17) is 15.5 Å². The third-order valence-corrected chi connectivity index (χ3v) is 4.44. The highest BCUT2D eigenvalue weighted by molar-refractivity contribution is 5.28. The fourth-order valence-corrected chi connectivity index (χ4v) is 2.78. The molecule has 1 aromatic rings. The zero-order valence-corrected chi connectivity index (χ0v) is 14.2. The summed E-state index contributed by atoms with van der Waals surface area (Å²) in [5.74, 6) is 0.743. The number of pyridine rings is 1. The Balaban J connectivity index is 2.13. The molecule has 0 radical (unpaired) electrons. The van der Waals surface area contributed by atoms with Gasteiger partial charge in [-0.25, -0.2) is 4.98 Å². The third-order valence-electron chi connectivity index (χ3n) is 4.44. The Hall–Kier alpha value is -1.09. The zero-order chi connectivity index (χ0) is 15.7. The SMILES string of the molecule is CC1(C)CCC(Oc2cc(CN)cc(C(C)(C)C)n2)CC1. The van der Waals surface area contributed by atoms with Crippen LogP contribution in [0.5, 0.6) is 5.88 Å². The molecule has 0 bridgehead atoms. The normalized spacial score (nSPS) is 19.5. The molecule has 2 rings (SSSR count). The summed E-state index contributed by atoms with van der Waals surface area (Å²) in [6.07, 6.45) is 4.98. The van der Waals surface area contributed by atoms with Gasteiger partial charge in [0.15, 0.2) is 0 Å². The topological polar surface area (TPSA) is 48.1 Å². The molecule has 21 heavy (non-hydrogen) atoms.